The highest BCUT2D eigenvalue weighted by atomic mass is 35.5. The van der Waals surface area contributed by atoms with Crippen molar-refractivity contribution in [2.24, 2.45) is 11.8 Å². The molecule has 1 aromatic carbocycles. The normalized spacial score (nSPS) is 30.4. The van der Waals surface area contributed by atoms with E-state index in [4.69, 9.17) is 11.6 Å². The maximum Gasteiger partial charge on any atom is 0.140 e. The Kier molecular flexibility index (Phi) is 3.34. The second-order valence-corrected chi connectivity index (χ2v) is 5.39. The van der Waals surface area contributed by atoms with Gasteiger partial charge in [0.25, 0.3) is 0 Å². The first-order valence-corrected chi connectivity index (χ1v) is 6.24. The highest BCUT2D eigenvalue weighted by Gasteiger charge is 2.34. The van der Waals surface area contributed by atoms with E-state index in [-0.39, 0.29) is 5.92 Å². The van der Waals surface area contributed by atoms with E-state index >= 15 is 0 Å². The summed E-state index contributed by atoms with van der Waals surface area (Å²) in [4.78, 5) is 12.1. The predicted octanol–water partition coefficient (Wildman–Crippen LogP) is 4.06. The lowest BCUT2D eigenvalue weighted by atomic mass is 9.72. The van der Waals surface area contributed by atoms with Gasteiger partial charge in [0, 0.05) is 17.4 Å². The highest BCUT2D eigenvalue weighted by molar-refractivity contribution is 6.31. The van der Waals surface area contributed by atoms with E-state index < -0.39 is 0 Å². The Morgan fingerprint density at radius 1 is 1.25 bits per heavy atom. The molecule has 16 heavy (non-hydrogen) atoms. The zero-order valence-corrected chi connectivity index (χ0v) is 10.5. The van der Waals surface area contributed by atoms with Crippen LogP contribution in [0.3, 0.4) is 0 Å². The standard InChI is InChI=1S/C14H17ClO/c1-9-7-10(2)14(13(16)8-9)11-5-3-4-6-12(11)15/h3-6,9-10,14H,7-8H2,1-2H3. The molecule has 0 aliphatic heterocycles. The lowest BCUT2D eigenvalue weighted by Crippen LogP contribution is -2.29. The summed E-state index contributed by atoms with van der Waals surface area (Å²) in [7, 11) is 0. The highest BCUT2D eigenvalue weighted by Crippen LogP contribution is 2.39. The fraction of sp³-hybridized carbons (Fsp3) is 0.500. The molecule has 0 bridgehead atoms. The fourth-order valence-corrected chi connectivity index (χ4v) is 3.10. The van der Waals surface area contributed by atoms with Crippen LogP contribution in [0.15, 0.2) is 24.3 Å². The average Bonchev–Trinajstić information content (AvgIpc) is 2.19. The van der Waals surface area contributed by atoms with Gasteiger partial charge in [0.1, 0.15) is 5.78 Å². The average molecular weight is 237 g/mol. The van der Waals surface area contributed by atoms with E-state index in [1.165, 1.54) is 0 Å². The molecule has 1 aromatic rings. The lowest BCUT2D eigenvalue weighted by Gasteiger charge is -2.32. The Balaban J connectivity index is 2.33. The first-order valence-electron chi connectivity index (χ1n) is 5.86. The topological polar surface area (TPSA) is 17.1 Å². The number of ketones is 1. The van der Waals surface area contributed by atoms with Crippen LogP contribution in [0.2, 0.25) is 5.02 Å². The van der Waals surface area contributed by atoms with Crippen LogP contribution in [0.4, 0.5) is 0 Å². The number of benzene rings is 1. The number of hydrogen-bond acceptors (Lipinski definition) is 1. The summed E-state index contributed by atoms with van der Waals surface area (Å²) >= 11 is 6.17. The van der Waals surface area contributed by atoms with Crippen LogP contribution in [0.5, 0.6) is 0 Å². The second kappa shape index (κ2) is 4.58. The maximum absolute atomic E-state index is 12.1. The van der Waals surface area contributed by atoms with Crippen LogP contribution in [0.1, 0.15) is 38.2 Å². The van der Waals surface area contributed by atoms with Gasteiger partial charge < -0.3 is 0 Å². The third kappa shape index (κ3) is 2.15. The number of halogens is 1. The van der Waals surface area contributed by atoms with Crippen LogP contribution < -0.4 is 0 Å². The SMILES string of the molecule is CC1CC(=O)C(c2ccccc2Cl)C(C)C1. The Morgan fingerprint density at radius 3 is 2.56 bits per heavy atom. The first-order chi connectivity index (χ1) is 7.59. The van der Waals surface area contributed by atoms with Crippen LogP contribution in [0.25, 0.3) is 0 Å². The maximum atomic E-state index is 12.1. The molecule has 0 radical (unpaired) electrons. The molecular weight excluding hydrogens is 220 g/mol. The number of Topliss-reactive ketones (excluding diaryl/α,β-unsaturated/α-hetero) is 1. The van der Waals surface area contributed by atoms with Crippen molar-refractivity contribution in [3.8, 4) is 0 Å². The molecule has 2 heteroatoms. The van der Waals surface area contributed by atoms with Crippen molar-refractivity contribution in [3.63, 3.8) is 0 Å². The van der Waals surface area contributed by atoms with Gasteiger partial charge in [-0.2, -0.15) is 0 Å². The third-order valence-electron chi connectivity index (χ3n) is 3.48. The molecule has 1 saturated carbocycles. The minimum absolute atomic E-state index is 0.00454. The Hall–Kier alpha value is -0.820. The summed E-state index contributed by atoms with van der Waals surface area (Å²) < 4.78 is 0. The van der Waals surface area contributed by atoms with Crippen molar-refractivity contribution in [2.45, 2.75) is 32.6 Å². The predicted molar refractivity (Wildman–Crippen MR) is 66.8 cm³/mol. The summed E-state index contributed by atoms with van der Waals surface area (Å²) in [5.74, 6) is 1.27. The molecule has 0 saturated heterocycles. The van der Waals surface area contributed by atoms with Crippen LogP contribution in [-0.4, -0.2) is 5.78 Å². The number of carbonyl (C=O) groups is 1. The molecule has 1 fully saturated rings. The van der Waals surface area contributed by atoms with Gasteiger partial charge in [0.15, 0.2) is 0 Å². The molecule has 0 spiro atoms. The zero-order chi connectivity index (χ0) is 11.7. The number of carbonyl (C=O) groups excluding carboxylic acids is 1. The monoisotopic (exact) mass is 236 g/mol. The van der Waals surface area contributed by atoms with Gasteiger partial charge >= 0.3 is 0 Å². The van der Waals surface area contributed by atoms with E-state index in [2.05, 4.69) is 13.8 Å². The molecular formula is C14H17ClO. The van der Waals surface area contributed by atoms with Crippen molar-refractivity contribution in [2.75, 3.05) is 0 Å². The Labute approximate surface area is 102 Å². The molecule has 1 nitrogen and oxygen atoms in total. The van der Waals surface area contributed by atoms with E-state index in [1.807, 2.05) is 24.3 Å². The summed E-state index contributed by atoms with van der Waals surface area (Å²) in [6.07, 6.45) is 1.81. The smallest absolute Gasteiger partial charge is 0.140 e. The fourth-order valence-electron chi connectivity index (χ4n) is 2.85. The van der Waals surface area contributed by atoms with Gasteiger partial charge in [-0.05, 0) is 29.9 Å². The van der Waals surface area contributed by atoms with E-state index in [9.17, 15) is 4.79 Å². The Bertz CT molecular complexity index is 399. The molecule has 0 amide bonds. The minimum Gasteiger partial charge on any atom is -0.299 e. The van der Waals surface area contributed by atoms with Gasteiger partial charge in [-0.15, -0.1) is 0 Å². The van der Waals surface area contributed by atoms with Gasteiger partial charge in [0.2, 0.25) is 0 Å². The van der Waals surface area contributed by atoms with Crippen molar-refractivity contribution in [3.05, 3.63) is 34.9 Å². The summed E-state index contributed by atoms with van der Waals surface area (Å²) in [5.41, 5.74) is 1.01. The quantitative estimate of drug-likeness (QED) is 0.719. The molecule has 3 atom stereocenters. The number of rotatable bonds is 1. The zero-order valence-electron chi connectivity index (χ0n) is 9.74. The first kappa shape index (κ1) is 11.7. The summed E-state index contributed by atoms with van der Waals surface area (Å²) in [5, 5.41) is 0.724. The van der Waals surface area contributed by atoms with Crippen LogP contribution >= 0.6 is 11.6 Å². The van der Waals surface area contributed by atoms with Crippen molar-refractivity contribution < 1.29 is 4.79 Å². The molecule has 0 aromatic heterocycles. The Morgan fingerprint density at radius 2 is 1.94 bits per heavy atom. The molecule has 86 valence electrons. The molecule has 0 heterocycles. The second-order valence-electron chi connectivity index (χ2n) is 4.99. The van der Waals surface area contributed by atoms with E-state index in [0.717, 1.165) is 17.0 Å². The van der Waals surface area contributed by atoms with Gasteiger partial charge in [-0.1, -0.05) is 43.6 Å². The van der Waals surface area contributed by atoms with Gasteiger partial charge in [-0.3, -0.25) is 4.79 Å². The van der Waals surface area contributed by atoms with Crippen LogP contribution in [0, 0.1) is 11.8 Å². The molecule has 0 N–H and O–H groups in total. The molecule has 2 rings (SSSR count). The summed E-state index contributed by atoms with van der Waals surface area (Å²) in [6.45, 7) is 4.30. The van der Waals surface area contributed by atoms with Gasteiger partial charge in [-0.25, -0.2) is 0 Å². The number of hydrogen-bond donors (Lipinski definition) is 0. The largest absolute Gasteiger partial charge is 0.299 e. The van der Waals surface area contributed by atoms with E-state index in [0.29, 0.717) is 24.0 Å². The third-order valence-corrected chi connectivity index (χ3v) is 3.82. The molecule has 3 unspecified atom stereocenters. The van der Waals surface area contributed by atoms with Crippen LogP contribution in [-0.2, 0) is 4.79 Å². The van der Waals surface area contributed by atoms with E-state index in [1.54, 1.807) is 0 Å². The van der Waals surface area contributed by atoms with Crippen molar-refractivity contribution in [1.29, 1.82) is 0 Å². The summed E-state index contributed by atoms with van der Waals surface area (Å²) in [6, 6.07) is 7.72. The molecule has 1 aliphatic rings. The van der Waals surface area contributed by atoms with Crippen molar-refractivity contribution in [1.82, 2.24) is 0 Å². The van der Waals surface area contributed by atoms with Gasteiger partial charge in [0.05, 0.1) is 0 Å². The van der Waals surface area contributed by atoms with Crippen molar-refractivity contribution >= 4 is 17.4 Å². The minimum atomic E-state index is 0.00454. The molecule has 1 aliphatic carbocycles. The lowest BCUT2D eigenvalue weighted by molar-refractivity contribution is -0.124.